The molecule has 0 aliphatic rings. The van der Waals surface area contributed by atoms with Crippen LogP contribution in [0.4, 0.5) is 11.4 Å². The van der Waals surface area contributed by atoms with Crippen LogP contribution >= 0.6 is 11.8 Å². The van der Waals surface area contributed by atoms with Gasteiger partial charge in [0.05, 0.1) is 17.6 Å². The number of sulfonamides is 1. The fourth-order valence-corrected chi connectivity index (χ4v) is 4.81. The Morgan fingerprint density at radius 1 is 0.935 bits per heavy atom. The molecule has 1 amide bonds. The zero-order chi connectivity index (χ0) is 22.4. The molecule has 3 aromatic rings. The van der Waals surface area contributed by atoms with Crippen LogP contribution in [0.25, 0.3) is 0 Å². The molecule has 1 unspecified atom stereocenters. The quantitative estimate of drug-likeness (QED) is 0.483. The number of hydrogen-bond donors (Lipinski definition) is 1. The van der Waals surface area contributed by atoms with Gasteiger partial charge in [0.25, 0.3) is 0 Å². The molecule has 1 N–H and O–H groups in total. The summed E-state index contributed by atoms with van der Waals surface area (Å²) < 4.78 is 31.9. The summed E-state index contributed by atoms with van der Waals surface area (Å²) in [5.41, 5.74) is 1.02. The monoisotopic (exact) mass is 456 g/mol. The van der Waals surface area contributed by atoms with Gasteiger partial charge in [-0.15, -0.1) is 11.8 Å². The molecule has 162 valence electrons. The lowest BCUT2D eigenvalue weighted by atomic mass is 10.2. The van der Waals surface area contributed by atoms with Crippen LogP contribution in [0, 0.1) is 0 Å². The number of anilines is 2. The van der Waals surface area contributed by atoms with Gasteiger partial charge in [0.15, 0.2) is 0 Å². The average molecular weight is 457 g/mol. The summed E-state index contributed by atoms with van der Waals surface area (Å²) >= 11 is 1.50. The van der Waals surface area contributed by atoms with Crippen molar-refractivity contribution in [3.05, 3.63) is 78.9 Å². The van der Waals surface area contributed by atoms with Crippen LogP contribution in [0.2, 0.25) is 0 Å². The van der Waals surface area contributed by atoms with Crippen LogP contribution < -0.4 is 14.4 Å². The molecule has 0 aliphatic carbocycles. The van der Waals surface area contributed by atoms with E-state index in [1.807, 2.05) is 54.8 Å². The number of carbonyl (C=O) groups is 1. The third kappa shape index (κ3) is 5.80. The molecule has 0 aliphatic heterocycles. The van der Waals surface area contributed by atoms with Crippen molar-refractivity contribution in [2.75, 3.05) is 22.1 Å². The van der Waals surface area contributed by atoms with E-state index in [1.54, 1.807) is 37.3 Å². The predicted molar refractivity (Wildman–Crippen MR) is 127 cm³/mol. The van der Waals surface area contributed by atoms with Crippen LogP contribution in [0.3, 0.4) is 0 Å². The van der Waals surface area contributed by atoms with Crippen molar-refractivity contribution < 1.29 is 17.9 Å². The average Bonchev–Trinajstić information content (AvgIpc) is 2.75. The third-order valence-electron chi connectivity index (χ3n) is 4.52. The lowest BCUT2D eigenvalue weighted by Crippen LogP contribution is -2.45. The molecule has 0 fully saturated rings. The zero-order valence-electron chi connectivity index (χ0n) is 17.5. The van der Waals surface area contributed by atoms with Gasteiger partial charge in [0, 0.05) is 4.90 Å². The molecular weight excluding hydrogens is 432 g/mol. The summed E-state index contributed by atoms with van der Waals surface area (Å²) in [7, 11) is -3.72. The Bertz CT molecular complexity index is 1130. The summed E-state index contributed by atoms with van der Waals surface area (Å²) in [5.74, 6) is 0.821. The summed E-state index contributed by atoms with van der Waals surface area (Å²) in [5, 5.41) is 2.84. The van der Waals surface area contributed by atoms with Crippen LogP contribution in [0.1, 0.15) is 6.92 Å². The molecule has 0 aromatic heterocycles. The highest BCUT2D eigenvalue weighted by Gasteiger charge is 2.29. The molecule has 1 atom stereocenters. The maximum Gasteiger partial charge on any atom is 0.248 e. The molecule has 3 rings (SSSR count). The van der Waals surface area contributed by atoms with E-state index in [2.05, 4.69) is 5.32 Å². The first-order chi connectivity index (χ1) is 14.8. The molecule has 0 saturated carbocycles. The molecule has 0 saturated heterocycles. The molecule has 0 radical (unpaired) electrons. The van der Waals surface area contributed by atoms with E-state index in [9.17, 15) is 13.2 Å². The minimum atomic E-state index is -3.72. The minimum Gasteiger partial charge on any atom is -0.457 e. The summed E-state index contributed by atoms with van der Waals surface area (Å²) in [6.07, 6.45) is 3.00. The highest BCUT2D eigenvalue weighted by molar-refractivity contribution is 7.98. The van der Waals surface area contributed by atoms with E-state index in [4.69, 9.17) is 4.74 Å². The first-order valence-corrected chi connectivity index (χ1v) is 12.6. The number of nitrogens with zero attached hydrogens (tertiary/aromatic N) is 1. The maximum absolute atomic E-state index is 12.9. The molecule has 31 heavy (non-hydrogen) atoms. The largest absolute Gasteiger partial charge is 0.457 e. The third-order valence-corrected chi connectivity index (χ3v) is 6.56. The van der Waals surface area contributed by atoms with Gasteiger partial charge in [-0.25, -0.2) is 8.42 Å². The topological polar surface area (TPSA) is 75.7 Å². The summed E-state index contributed by atoms with van der Waals surface area (Å²) in [4.78, 5) is 13.8. The summed E-state index contributed by atoms with van der Waals surface area (Å²) in [6, 6.07) is 22.3. The fraction of sp³-hybridized carbons (Fsp3) is 0.174. The number of carbonyl (C=O) groups excluding carboxylic acids is 1. The van der Waals surface area contributed by atoms with Gasteiger partial charge in [0.2, 0.25) is 15.9 Å². The highest BCUT2D eigenvalue weighted by Crippen LogP contribution is 2.28. The van der Waals surface area contributed by atoms with Gasteiger partial charge in [-0.1, -0.05) is 30.3 Å². The Kier molecular flexibility index (Phi) is 7.25. The van der Waals surface area contributed by atoms with Crippen molar-refractivity contribution in [1.29, 1.82) is 0 Å². The van der Waals surface area contributed by atoms with E-state index in [0.717, 1.165) is 15.5 Å². The molecule has 3 aromatic carbocycles. The molecule has 0 heterocycles. The molecular formula is C23H24N2O4S2. The number of ether oxygens (including phenoxy) is 1. The highest BCUT2D eigenvalue weighted by atomic mass is 32.2. The second-order valence-corrected chi connectivity index (χ2v) is 9.54. The predicted octanol–water partition coefficient (Wildman–Crippen LogP) is 4.99. The van der Waals surface area contributed by atoms with Crippen molar-refractivity contribution in [3.63, 3.8) is 0 Å². The van der Waals surface area contributed by atoms with Crippen LogP contribution in [0.15, 0.2) is 83.8 Å². The van der Waals surface area contributed by atoms with Gasteiger partial charge < -0.3 is 10.1 Å². The second kappa shape index (κ2) is 9.89. The first kappa shape index (κ1) is 22.7. The number of hydrogen-bond acceptors (Lipinski definition) is 5. The second-order valence-electron chi connectivity index (χ2n) is 6.83. The van der Waals surface area contributed by atoms with Gasteiger partial charge in [-0.3, -0.25) is 9.10 Å². The number of amides is 1. The van der Waals surface area contributed by atoms with Gasteiger partial charge in [0.1, 0.15) is 17.5 Å². The first-order valence-electron chi connectivity index (χ1n) is 9.56. The smallest absolute Gasteiger partial charge is 0.248 e. The van der Waals surface area contributed by atoms with E-state index >= 15 is 0 Å². The molecule has 0 spiro atoms. The van der Waals surface area contributed by atoms with Gasteiger partial charge in [-0.05, 0) is 61.7 Å². The van der Waals surface area contributed by atoms with Crippen molar-refractivity contribution in [1.82, 2.24) is 0 Å². The van der Waals surface area contributed by atoms with Crippen LogP contribution in [-0.2, 0) is 14.8 Å². The number of nitrogens with one attached hydrogen (secondary N) is 1. The fourth-order valence-electron chi connectivity index (χ4n) is 3.08. The number of rotatable bonds is 8. The zero-order valence-corrected chi connectivity index (χ0v) is 19.1. The van der Waals surface area contributed by atoms with E-state index < -0.39 is 22.0 Å². The molecule has 0 bridgehead atoms. The Hall–Kier alpha value is -2.97. The number of para-hydroxylation sites is 2. The standard InChI is InChI=1S/C23H24N2O4S2/c1-17(23(26)24-21-11-7-8-12-22(21)30-2)25(31(3,27)28)18-13-15-20(16-14-18)29-19-9-5-4-6-10-19/h4-17H,1-3H3,(H,24,26). The van der Waals surface area contributed by atoms with Gasteiger partial charge >= 0.3 is 0 Å². The lowest BCUT2D eigenvalue weighted by molar-refractivity contribution is -0.116. The number of thioether (sulfide) groups is 1. The Labute approximate surface area is 187 Å². The summed E-state index contributed by atoms with van der Waals surface area (Å²) in [6.45, 7) is 1.56. The normalized spacial score (nSPS) is 12.1. The van der Waals surface area contributed by atoms with Crippen LogP contribution in [-0.4, -0.2) is 32.9 Å². The SMILES string of the molecule is CSc1ccccc1NC(=O)C(C)N(c1ccc(Oc2ccccc2)cc1)S(C)(=O)=O. The van der Waals surface area contributed by atoms with Crippen molar-refractivity contribution in [3.8, 4) is 11.5 Å². The number of benzene rings is 3. The maximum atomic E-state index is 12.9. The van der Waals surface area contributed by atoms with Crippen molar-refractivity contribution >= 4 is 39.1 Å². The van der Waals surface area contributed by atoms with Crippen molar-refractivity contribution in [2.45, 2.75) is 17.9 Å². The van der Waals surface area contributed by atoms with Crippen molar-refractivity contribution in [2.24, 2.45) is 0 Å². The van der Waals surface area contributed by atoms with E-state index in [0.29, 0.717) is 22.9 Å². The molecule has 8 heteroatoms. The van der Waals surface area contributed by atoms with Gasteiger partial charge in [-0.2, -0.15) is 0 Å². The van der Waals surface area contributed by atoms with E-state index in [1.165, 1.54) is 11.8 Å². The lowest BCUT2D eigenvalue weighted by Gasteiger charge is -2.28. The Morgan fingerprint density at radius 3 is 2.13 bits per heavy atom. The molecule has 6 nitrogen and oxygen atoms in total. The Morgan fingerprint density at radius 2 is 1.52 bits per heavy atom. The van der Waals surface area contributed by atoms with Crippen LogP contribution in [0.5, 0.6) is 11.5 Å². The Balaban J connectivity index is 1.82. The van der Waals surface area contributed by atoms with E-state index in [-0.39, 0.29) is 0 Å². The minimum absolute atomic E-state index is 0.378.